The zero-order valence-corrected chi connectivity index (χ0v) is 13.4. The van der Waals surface area contributed by atoms with Gasteiger partial charge in [0, 0.05) is 11.6 Å². The standard InChI is InChI=1S/C11H10F3N3O5S2/c12-11(13,14)22-3-2-17-8(9(19)6-18)5-7(16-24(17,20)21)10-15-1-4-23-10/h1,4-5,18H,2-3,6H2. The molecule has 13 heteroatoms. The normalized spacial score (nSPS) is 17.4. The van der Waals surface area contributed by atoms with Crippen molar-refractivity contribution in [2.75, 3.05) is 19.8 Å². The Morgan fingerprint density at radius 2 is 2.12 bits per heavy atom. The molecule has 1 aliphatic rings. The monoisotopic (exact) mass is 385 g/mol. The first-order valence-corrected chi connectivity index (χ1v) is 8.50. The van der Waals surface area contributed by atoms with Gasteiger partial charge in [-0.05, 0) is 6.08 Å². The predicted octanol–water partition coefficient (Wildman–Crippen LogP) is 0.474. The van der Waals surface area contributed by atoms with Gasteiger partial charge >= 0.3 is 16.6 Å². The Morgan fingerprint density at radius 3 is 2.67 bits per heavy atom. The van der Waals surface area contributed by atoms with E-state index in [2.05, 4.69) is 14.1 Å². The Balaban J connectivity index is 2.33. The summed E-state index contributed by atoms with van der Waals surface area (Å²) in [5.74, 6) is -0.991. The van der Waals surface area contributed by atoms with Gasteiger partial charge < -0.3 is 5.11 Å². The summed E-state index contributed by atoms with van der Waals surface area (Å²) in [6.07, 6.45) is -2.51. The number of aliphatic hydroxyl groups is 1. The Kier molecular flexibility index (Phi) is 5.37. The van der Waals surface area contributed by atoms with Gasteiger partial charge in [0.1, 0.15) is 23.0 Å². The highest BCUT2D eigenvalue weighted by atomic mass is 32.2. The molecule has 8 nitrogen and oxygen atoms in total. The van der Waals surface area contributed by atoms with Gasteiger partial charge in [0.15, 0.2) is 0 Å². The maximum atomic E-state index is 12.2. The molecule has 1 aromatic heterocycles. The van der Waals surface area contributed by atoms with Gasteiger partial charge in [-0.2, -0.15) is 8.42 Å². The molecule has 0 aromatic carbocycles. The number of allylic oxidation sites excluding steroid dienone is 1. The lowest BCUT2D eigenvalue weighted by Gasteiger charge is -2.26. The van der Waals surface area contributed by atoms with Crippen molar-refractivity contribution in [1.29, 1.82) is 0 Å². The van der Waals surface area contributed by atoms with Crippen molar-refractivity contribution in [3.63, 3.8) is 0 Å². The van der Waals surface area contributed by atoms with E-state index in [9.17, 15) is 26.4 Å². The van der Waals surface area contributed by atoms with Gasteiger partial charge in [-0.15, -0.1) is 28.9 Å². The van der Waals surface area contributed by atoms with E-state index in [1.165, 1.54) is 6.20 Å². The van der Waals surface area contributed by atoms with Gasteiger partial charge in [0.25, 0.3) is 0 Å². The Morgan fingerprint density at radius 1 is 1.42 bits per heavy atom. The molecule has 0 aliphatic carbocycles. The van der Waals surface area contributed by atoms with Crippen LogP contribution in [-0.4, -0.2) is 60.4 Å². The molecule has 2 rings (SSSR count). The lowest BCUT2D eigenvalue weighted by atomic mass is 10.2. The van der Waals surface area contributed by atoms with Crippen molar-refractivity contribution < 1.29 is 36.2 Å². The fourth-order valence-corrected chi connectivity index (χ4v) is 3.61. The minimum Gasteiger partial charge on any atom is -0.388 e. The van der Waals surface area contributed by atoms with E-state index in [1.807, 2.05) is 0 Å². The first-order chi connectivity index (χ1) is 11.1. The maximum absolute atomic E-state index is 12.2. The number of halogens is 3. The van der Waals surface area contributed by atoms with E-state index >= 15 is 0 Å². The largest absolute Gasteiger partial charge is 0.522 e. The van der Waals surface area contributed by atoms with E-state index in [-0.39, 0.29) is 10.7 Å². The number of rotatable bonds is 6. The summed E-state index contributed by atoms with van der Waals surface area (Å²) in [5, 5.41) is 10.7. The minimum absolute atomic E-state index is 0.144. The maximum Gasteiger partial charge on any atom is 0.522 e. The Hall–Kier alpha value is -1.83. The predicted molar refractivity (Wildman–Crippen MR) is 76.5 cm³/mol. The summed E-state index contributed by atoms with van der Waals surface area (Å²) in [6.45, 7) is -2.86. The molecule has 0 amide bonds. The quantitative estimate of drug-likeness (QED) is 0.763. The van der Waals surface area contributed by atoms with Crippen molar-refractivity contribution in [3.8, 4) is 0 Å². The number of aliphatic hydroxyl groups excluding tert-OH is 1. The van der Waals surface area contributed by atoms with Gasteiger partial charge in [-0.1, -0.05) is 0 Å². The number of ether oxygens (including phenoxy) is 1. The molecular weight excluding hydrogens is 375 g/mol. The van der Waals surface area contributed by atoms with E-state index in [4.69, 9.17) is 5.11 Å². The average molecular weight is 385 g/mol. The van der Waals surface area contributed by atoms with Crippen LogP contribution in [0.1, 0.15) is 5.01 Å². The number of nitrogens with zero attached hydrogens (tertiary/aromatic N) is 3. The zero-order valence-electron chi connectivity index (χ0n) is 11.7. The van der Waals surface area contributed by atoms with Crippen LogP contribution >= 0.6 is 11.3 Å². The number of hydrogen-bond donors (Lipinski definition) is 1. The molecule has 2 heterocycles. The molecule has 1 N–H and O–H groups in total. The third-order valence-corrected chi connectivity index (χ3v) is 4.83. The average Bonchev–Trinajstić information content (AvgIpc) is 3.00. The van der Waals surface area contributed by atoms with Crippen LogP contribution in [0.2, 0.25) is 0 Å². The van der Waals surface area contributed by atoms with Crippen LogP contribution in [0.25, 0.3) is 0 Å². The second-order valence-electron chi connectivity index (χ2n) is 4.27. The number of carbonyl (C=O) groups excluding carboxylic acids is 1. The molecule has 0 saturated carbocycles. The van der Waals surface area contributed by atoms with Crippen LogP contribution < -0.4 is 0 Å². The number of alkyl halides is 3. The second kappa shape index (κ2) is 6.96. The van der Waals surface area contributed by atoms with Gasteiger partial charge in [0.05, 0.1) is 13.2 Å². The zero-order chi connectivity index (χ0) is 18.0. The summed E-state index contributed by atoms with van der Waals surface area (Å²) in [6, 6.07) is 0. The molecule has 24 heavy (non-hydrogen) atoms. The van der Waals surface area contributed by atoms with Crippen molar-refractivity contribution in [2.24, 2.45) is 4.40 Å². The number of ketones is 1. The van der Waals surface area contributed by atoms with Crippen LogP contribution in [0.3, 0.4) is 0 Å². The molecule has 132 valence electrons. The highest BCUT2D eigenvalue weighted by Crippen LogP contribution is 2.23. The second-order valence-corrected chi connectivity index (χ2v) is 6.68. The van der Waals surface area contributed by atoms with Crippen molar-refractivity contribution in [3.05, 3.63) is 28.4 Å². The number of thiazole rings is 1. The first kappa shape index (κ1) is 18.5. The smallest absolute Gasteiger partial charge is 0.388 e. The van der Waals surface area contributed by atoms with Crippen molar-refractivity contribution in [1.82, 2.24) is 9.29 Å². The van der Waals surface area contributed by atoms with Crippen LogP contribution in [0.4, 0.5) is 13.2 Å². The summed E-state index contributed by atoms with van der Waals surface area (Å²) in [4.78, 5) is 15.6. The van der Waals surface area contributed by atoms with Crippen LogP contribution in [0.5, 0.6) is 0 Å². The molecule has 0 atom stereocenters. The van der Waals surface area contributed by atoms with Gasteiger partial charge in [-0.3, -0.25) is 9.53 Å². The summed E-state index contributed by atoms with van der Waals surface area (Å²) in [7, 11) is -4.48. The molecule has 0 spiro atoms. The number of Topliss-reactive ketones (excluding diaryl/α,β-unsaturated/α-hetero) is 1. The van der Waals surface area contributed by atoms with E-state index in [1.54, 1.807) is 5.38 Å². The van der Waals surface area contributed by atoms with Crippen molar-refractivity contribution in [2.45, 2.75) is 6.36 Å². The molecule has 1 aliphatic heterocycles. The molecule has 0 fully saturated rings. The fourth-order valence-electron chi connectivity index (χ4n) is 1.76. The molecule has 0 saturated heterocycles. The molecule has 0 bridgehead atoms. The molecule has 1 aromatic rings. The Bertz CT molecular complexity index is 771. The fraction of sp³-hybridized carbons (Fsp3) is 0.364. The van der Waals surface area contributed by atoms with Gasteiger partial charge in [0.2, 0.25) is 5.78 Å². The van der Waals surface area contributed by atoms with Crippen LogP contribution in [-0.2, 0) is 19.7 Å². The van der Waals surface area contributed by atoms with Crippen molar-refractivity contribution >= 4 is 33.0 Å². The third-order valence-electron chi connectivity index (χ3n) is 2.68. The van der Waals surface area contributed by atoms with E-state index in [0.717, 1.165) is 17.4 Å². The summed E-state index contributed by atoms with van der Waals surface area (Å²) < 4.78 is 67.7. The number of carbonyl (C=O) groups is 1. The summed E-state index contributed by atoms with van der Waals surface area (Å²) in [5.41, 5.74) is -0.654. The molecule has 0 radical (unpaired) electrons. The van der Waals surface area contributed by atoms with Crippen LogP contribution in [0.15, 0.2) is 27.7 Å². The molecule has 0 unspecified atom stereocenters. The SMILES string of the molecule is O=C(CO)C1=CC(c2nccs2)=NS(=O)(=O)N1CCOC(F)(F)F. The van der Waals surface area contributed by atoms with Crippen LogP contribution in [0, 0.1) is 0 Å². The first-order valence-electron chi connectivity index (χ1n) is 6.23. The third kappa shape index (κ3) is 4.37. The highest BCUT2D eigenvalue weighted by molar-refractivity contribution is 7.88. The topological polar surface area (TPSA) is 109 Å². The molecular formula is C11H10F3N3O5S2. The minimum atomic E-state index is -4.94. The number of aromatic nitrogens is 1. The van der Waals surface area contributed by atoms with E-state index in [0.29, 0.717) is 4.31 Å². The number of hydrogen-bond acceptors (Lipinski definition) is 7. The summed E-state index contributed by atoms with van der Waals surface area (Å²) >= 11 is 1.06. The lowest BCUT2D eigenvalue weighted by Crippen LogP contribution is -2.39. The van der Waals surface area contributed by atoms with Gasteiger partial charge in [-0.25, -0.2) is 9.29 Å². The Labute approximate surface area is 138 Å². The highest BCUT2D eigenvalue weighted by Gasteiger charge is 2.35. The lowest BCUT2D eigenvalue weighted by molar-refractivity contribution is -0.324. The van der Waals surface area contributed by atoms with E-state index < -0.39 is 47.8 Å².